The molecule has 0 radical (unpaired) electrons. The number of hydrogen-bond acceptors (Lipinski definition) is 15. The molecule has 0 aromatic rings. The van der Waals surface area contributed by atoms with Crippen LogP contribution in [0.25, 0.3) is 0 Å². The predicted molar refractivity (Wildman–Crippen MR) is 436 cm³/mol. The van der Waals surface area contributed by atoms with Gasteiger partial charge in [-0.3, -0.25) is 37.3 Å². The lowest BCUT2D eigenvalue weighted by molar-refractivity contribution is -0.161. The molecule has 0 aliphatic carbocycles. The van der Waals surface area contributed by atoms with E-state index < -0.39 is 97.5 Å². The number of aliphatic hydroxyl groups is 1. The molecular formula is C87H158O17P2. The molecule has 0 heterocycles. The van der Waals surface area contributed by atoms with Crippen LogP contribution in [0.3, 0.4) is 0 Å². The Kier molecular flexibility index (Phi) is 77.0. The van der Waals surface area contributed by atoms with Crippen LogP contribution in [0.4, 0.5) is 0 Å². The maximum atomic E-state index is 13.1. The maximum Gasteiger partial charge on any atom is 0.472 e. The summed E-state index contributed by atoms with van der Waals surface area (Å²) in [5.41, 5.74) is 0. The van der Waals surface area contributed by atoms with Gasteiger partial charge in [0.25, 0.3) is 0 Å². The Hall–Kier alpha value is -3.50. The third-order valence-corrected chi connectivity index (χ3v) is 20.6. The van der Waals surface area contributed by atoms with Gasteiger partial charge in [-0.1, -0.05) is 345 Å². The van der Waals surface area contributed by atoms with Crippen molar-refractivity contribution in [1.29, 1.82) is 0 Å². The summed E-state index contributed by atoms with van der Waals surface area (Å²) in [5, 5.41) is 10.7. The van der Waals surface area contributed by atoms with Gasteiger partial charge in [-0.15, -0.1) is 0 Å². The molecule has 0 rings (SSSR count). The molecule has 0 spiro atoms. The Morgan fingerprint density at radius 1 is 0.264 bits per heavy atom. The highest BCUT2D eigenvalue weighted by Crippen LogP contribution is 2.45. The van der Waals surface area contributed by atoms with Crippen molar-refractivity contribution in [2.24, 2.45) is 0 Å². The van der Waals surface area contributed by atoms with Crippen LogP contribution >= 0.6 is 15.6 Å². The van der Waals surface area contributed by atoms with E-state index in [1.165, 1.54) is 154 Å². The van der Waals surface area contributed by atoms with Gasteiger partial charge < -0.3 is 33.8 Å². The monoisotopic (exact) mass is 1540 g/mol. The van der Waals surface area contributed by atoms with E-state index in [9.17, 15) is 43.2 Å². The summed E-state index contributed by atoms with van der Waals surface area (Å²) in [7, 11) is -9.95. The van der Waals surface area contributed by atoms with E-state index in [0.29, 0.717) is 25.7 Å². The van der Waals surface area contributed by atoms with E-state index in [1.54, 1.807) is 0 Å². The van der Waals surface area contributed by atoms with Crippen LogP contribution in [-0.4, -0.2) is 96.7 Å². The Bertz CT molecular complexity index is 2280. The summed E-state index contributed by atoms with van der Waals surface area (Å²) in [5.74, 6) is -2.16. The van der Waals surface area contributed by atoms with Crippen molar-refractivity contribution in [1.82, 2.24) is 0 Å². The smallest absolute Gasteiger partial charge is 0.462 e. The third-order valence-electron chi connectivity index (χ3n) is 18.7. The number of aliphatic hydroxyl groups excluding tert-OH is 1. The second-order valence-electron chi connectivity index (χ2n) is 29.1. The molecule has 5 unspecified atom stereocenters. The van der Waals surface area contributed by atoms with Crippen molar-refractivity contribution in [3.8, 4) is 0 Å². The highest BCUT2D eigenvalue weighted by molar-refractivity contribution is 7.47. The highest BCUT2D eigenvalue weighted by atomic mass is 31.2. The van der Waals surface area contributed by atoms with Crippen LogP contribution in [0, 0.1) is 0 Å². The first-order chi connectivity index (χ1) is 51.7. The van der Waals surface area contributed by atoms with Crippen molar-refractivity contribution in [2.75, 3.05) is 39.6 Å². The number of phosphoric ester groups is 2. The molecule has 618 valence electrons. The fraction of sp³-hybridized carbons (Fsp3) is 0.816. The highest BCUT2D eigenvalue weighted by Gasteiger charge is 2.30. The number of esters is 4. The average Bonchev–Trinajstić information content (AvgIpc) is 0.901. The summed E-state index contributed by atoms with van der Waals surface area (Å²) in [4.78, 5) is 73.2. The molecule has 0 fully saturated rings. The standard InChI is InChI=1S/C87H158O17P2/c1-5-9-13-17-21-25-29-33-36-38-40-42-45-48-51-55-59-63-67-71-84(89)97-77-82(103-86(91)73-69-65-61-57-53-47-32-28-24-20-16-12-8-4)79-101-105(93,94)99-75-81(88)76-100-106(95,96)102-80-83(104-87(92)74-70-66-62-58-54-50-44-35-31-27-23-19-15-11-7-3)78-98-85(90)72-68-64-60-56-52-49-46-43-41-39-37-34-30-26-22-18-14-10-6-2/h21-22,25-26,33-34,36-37,40-43,81-83,88H,5-20,23-24,27-32,35,38-39,44-80H2,1-4H3,(H,93,94)(H,95,96)/b25-21-,26-22-,36-33-,37-34-,42-40-,43-41-. The summed E-state index contributed by atoms with van der Waals surface area (Å²) >= 11 is 0. The summed E-state index contributed by atoms with van der Waals surface area (Å²) in [6, 6.07) is 0. The number of carbonyl (C=O) groups excluding carboxylic acids is 4. The van der Waals surface area contributed by atoms with Crippen molar-refractivity contribution in [3.05, 3.63) is 72.9 Å². The molecule has 5 atom stereocenters. The molecule has 0 aliphatic rings. The lowest BCUT2D eigenvalue weighted by Gasteiger charge is -2.21. The first-order valence-corrected chi connectivity index (χ1v) is 46.2. The van der Waals surface area contributed by atoms with E-state index in [1.807, 2.05) is 0 Å². The van der Waals surface area contributed by atoms with Gasteiger partial charge >= 0.3 is 39.5 Å². The minimum Gasteiger partial charge on any atom is -0.462 e. The molecule has 0 bridgehead atoms. The van der Waals surface area contributed by atoms with Gasteiger partial charge in [0.15, 0.2) is 12.2 Å². The Labute approximate surface area is 647 Å². The molecule has 0 amide bonds. The predicted octanol–water partition coefficient (Wildman–Crippen LogP) is 25.6. The Balaban J connectivity index is 5.32. The number of unbranched alkanes of at least 4 members (excludes halogenated alkanes) is 44. The van der Waals surface area contributed by atoms with E-state index in [4.69, 9.17) is 37.0 Å². The molecule has 19 heteroatoms. The van der Waals surface area contributed by atoms with Gasteiger partial charge in [0.1, 0.15) is 19.3 Å². The zero-order valence-electron chi connectivity index (χ0n) is 67.9. The number of allylic oxidation sites excluding steroid dienone is 12. The van der Waals surface area contributed by atoms with Crippen molar-refractivity contribution in [2.45, 2.75) is 418 Å². The lowest BCUT2D eigenvalue weighted by Crippen LogP contribution is -2.30. The van der Waals surface area contributed by atoms with Crippen LogP contribution < -0.4 is 0 Å². The van der Waals surface area contributed by atoms with Gasteiger partial charge in [-0.05, 0) is 103 Å². The van der Waals surface area contributed by atoms with E-state index in [-0.39, 0.29) is 25.7 Å². The van der Waals surface area contributed by atoms with E-state index >= 15 is 0 Å². The van der Waals surface area contributed by atoms with E-state index in [0.717, 1.165) is 167 Å². The van der Waals surface area contributed by atoms with Crippen molar-refractivity contribution < 1.29 is 80.2 Å². The van der Waals surface area contributed by atoms with Gasteiger partial charge in [-0.25, -0.2) is 9.13 Å². The SMILES string of the molecule is CCCCC/C=C\C/C=C\C/C=C\CCCCCCCCC(=O)OCC(COP(=O)(O)OCC(O)COP(=O)(O)OCC(COC(=O)CCCCCCCC/C=C\C/C=C\C/C=C\CCCCC)OC(=O)CCCCCCCCCCCCCCCCC)OC(=O)CCCCCCCCCCCCCCC. The van der Waals surface area contributed by atoms with Crippen LogP contribution in [0.2, 0.25) is 0 Å². The zero-order valence-corrected chi connectivity index (χ0v) is 69.7. The number of ether oxygens (including phenoxy) is 4. The number of carbonyl (C=O) groups is 4. The van der Waals surface area contributed by atoms with Gasteiger partial charge in [0, 0.05) is 25.7 Å². The van der Waals surface area contributed by atoms with Crippen LogP contribution in [-0.2, 0) is 65.4 Å². The quantitative estimate of drug-likeness (QED) is 0.0169. The Morgan fingerprint density at radius 2 is 0.462 bits per heavy atom. The molecule has 3 N–H and O–H groups in total. The minimum atomic E-state index is -4.98. The van der Waals surface area contributed by atoms with Gasteiger partial charge in [0.05, 0.1) is 26.4 Å². The zero-order chi connectivity index (χ0) is 77.4. The number of hydrogen-bond donors (Lipinski definition) is 3. The third kappa shape index (κ3) is 78.6. The molecule has 0 aromatic carbocycles. The van der Waals surface area contributed by atoms with Crippen LogP contribution in [0.15, 0.2) is 72.9 Å². The Morgan fingerprint density at radius 3 is 0.726 bits per heavy atom. The summed E-state index contributed by atoms with van der Waals surface area (Å²) in [6.07, 6.45) is 82.8. The normalized spacial score (nSPS) is 14.1. The molecule has 106 heavy (non-hydrogen) atoms. The first kappa shape index (κ1) is 102. The van der Waals surface area contributed by atoms with Gasteiger partial charge in [0.2, 0.25) is 0 Å². The number of rotatable bonds is 82. The average molecular weight is 1540 g/mol. The molecule has 17 nitrogen and oxygen atoms in total. The van der Waals surface area contributed by atoms with Crippen molar-refractivity contribution >= 4 is 39.5 Å². The number of phosphoric acid groups is 2. The van der Waals surface area contributed by atoms with Crippen molar-refractivity contribution in [3.63, 3.8) is 0 Å². The fourth-order valence-corrected chi connectivity index (χ4v) is 13.6. The maximum absolute atomic E-state index is 13.1. The fourth-order valence-electron chi connectivity index (χ4n) is 12.1. The topological polar surface area (TPSA) is 237 Å². The molecular weight excluding hydrogens is 1380 g/mol. The van der Waals surface area contributed by atoms with Crippen LogP contribution in [0.1, 0.15) is 400 Å². The molecule has 0 saturated carbocycles. The van der Waals surface area contributed by atoms with Crippen LogP contribution in [0.5, 0.6) is 0 Å². The second kappa shape index (κ2) is 79.6. The first-order valence-electron chi connectivity index (χ1n) is 43.2. The minimum absolute atomic E-state index is 0.0977. The molecule has 0 aromatic heterocycles. The summed E-state index contributed by atoms with van der Waals surface area (Å²) < 4.78 is 68.8. The molecule has 0 aliphatic heterocycles. The van der Waals surface area contributed by atoms with Gasteiger partial charge in [-0.2, -0.15) is 0 Å². The summed E-state index contributed by atoms with van der Waals surface area (Å²) in [6.45, 7) is 4.89. The van der Waals surface area contributed by atoms with E-state index in [2.05, 4.69) is 101 Å². The molecule has 0 saturated heterocycles. The largest absolute Gasteiger partial charge is 0.472 e. The lowest BCUT2D eigenvalue weighted by atomic mass is 10.0. The second-order valence-corrected chi connectivity index (χ2v) is 32.0.